The molecule has 0 atom stereocenters. The number of nitrogens with one attached hydrogen (secondary N) is 1. The van der Waals surface area contributed by atoms with Crippen LogP contribution in [-0.4, -0.2) is 46.0 Å². The smallest absolute Gasteiger partial charge is 0.227 e. The maximum atomic E-state index is 12.5. The maximum Gasteiger partial charge on any atom is 0.227 e. The fourth-order valence-corrected chi connectivity index (χ4v) is 2.64. The van der Waals surface area contributed by atoms with Gasteiger partial charge in [-0.3, -0.25) is 4.79 Å². The van der Waals surface area contributed by atoms with Crippen LogP contribution < -0.4 is 15.8 Å². The Bertz CT molecular complexity index is 501. The van der Waals surface area contributed by atoms with Gasteiger partial charge in [0.05, 0.1) is 12.0 Å². The normalized spacial score (nSPS) is 16.8. The molecule has 0 unspecified atom stereocenters. The van der Waals surface area contributed by atoms with Crippen LogP contribution in [0.3, 0.4) is 0 Å². The van der Waals surface area contributed by atoms with Gasteiger partial charge in [-0.1, -0.05) is 12.1 Å². The Hall–Kier alpha value is -1.63. The fourth-order valence-electron chi connectivity index (χ4n) is 2.64. The molecule has 0 saturated carbocycles. The third kappa shape index (κ3) is 4.92. The van der Waals surface area contributed by atoms with Gasteiger partial charge in [-0.15, -0.1) is 0 Å². The van der Waals surface area contributed by atoms with Crippen LogP contribution in [0.5, 0.6) is 5.75 Å². The lowest BCUT2D eigenvalue weighted by atomic mass is 9.79. The van der Waals surface area contributed by atoms with Crippen LogP contribution in [0.1, 0.15) is 18.4 Å². The molecule has 1 aromatic rings. The number of amides is 1. The first kappa shape index (κ1) is 17.7. The molecule has 128 valence electrons. The number of rotatable bonds is 8. The van der Waals surface area contributed by atoms with Gasteiger partial charge in [0.15, 0.2) is 0 Å². The van der Waals surface area contributed by atoms with Gasteiger partial charge < -0.3 is 25.3 Å². The molecule has 1 fully saturated rings. The van der Waals surface area contributed by atoms with E-state index in [0.717, 1.165) is 11.3 Å². The zero-order chi connectivity index (χ0) is 16.5. The first-order valence-electron chi connectivity index (χ1n) is 7.97. The van der Waals surface area contributed by atoms with Crippen molar-refractivity contribution >= 4 is 5.91 Å². The second-order valence-electron chi connectivity index (χ2n) is 5.77. The molecular weight excluding hydrogens is 296 g/mol. The zero-order valence-corrected chi connectivity index (χ0v) is 13.7. The predicted octanol–water partition coefficient (Wildman–Crippen LogP) is 1.08. The summed E-state index contributed by atoms with van der Waals surface area (Å²) >= 11 is 0. The average Bonchev–Trinajstić information content (AvgIpc) is 2.61. The SMILES string of the molecule is COCCOc1cccc(CNC(=O)C2(CN)CCOCC2)c1. The number of nitrogens with two attached hydrogens (primary N) is 1. The number of carbonyl (C=O) groups excluding carboxylic acids is 1. The standard InChI is InChI=1S/C17H26N2O4/c1-21-9-10-23-15-4-2-3-14(11-15)12-19-16(20)17(13-18)5-7-22-8-6-17/h2-4,11H,5-10,12-13,18H2,1H3,(H,19,20). The highest BCUT2D eigenvalue weighted by Crippen LogP contribution is 2.29. The van der Waals surface area contributed by atoms with Crippen LogP contribution in [0, 0.1) is 5.41 Å². The molecule has 23 heavy (non-hydrogen) atoms. The summed E-state index contributed by atoms with van der Waals surface area (Å²) in [7, 11) is 1.64. The van der Waals surface area contributed by atoms with Gasteiger partial charge in [0, 0.05) is 33.4 Å². The fraction of sp³-hybridized carbons (Fsp3) is 0.588. The third-order valence-electron chi connectivity index (χ3n) is 4.23. The Morgan fingerprint density at radius 2 is 2.13 bits per heavy atom. The van der Waals surface area contributed by atoms with Gasteiger partial charge in [0.2, 0.25) is 5.91 Å². The Labute approximate surface area is 137 Å². The van der Waals surface area contributed by atoms with E-state index in [1.165, 1.54) is 0 Å². The molecule has 3 N–H and O–H groups in total. The van der Waals surface area contributed by atoms with E-state index in [1.54, 1.807) is 7.11 Å². The van der Waals surface area contributed by atoms with Gasteiger partial charge in [-0.05, 0) is 30.5 Å². The van der Waals surface area contributed by atoms with E-state index in [4.69, 9.17) is 19.9 Å². The number of hydrogen-bond acceptors (Lipinski definition) is 5. The molecule has 1 heterocycles. The van der Waals surface area contributed by atoms with E-state index in [9.17, 15) is 4.79 Å². The second kappa shape index (κ2) is 8.86. The summed E-state index contributed by atoms with van der Waals surface area (Å²) in [6.45, 7) is 3.04. The van der Waals surface area contributed by atoms with Crippen molar-refractivity contribution in [2.24, 2.45) is 11.1 Å². The summed E-state index contributed by atoms with van der Waals surface area (Å²) in [5.41, 5.74) is 6.35. The number of methoxy groups -OCH3 is 1. The predicted molar refractivity (Wildman–Crippen MR) is 87.2 cm³/mol. The zero-order valence-electron chi connectivity index (χ0n) is 13.7. The van der Waals surface area contributed by atoms with E-state index in [-0.39, 0.29) is 5.91 Å². The molecule has 1 saturated heterocycles. The van der Waals surface area contributed by atoms with Crippen LogP contribution in [0.4, 0.5) is 0 Å². The van der Waals surface area contributed by atoms with Crippen molar-refractivity contribution in [3.8, 4) is 5.75 Å². The molecule has 0 bridgehead atoms. The van der Waals surface area contributed by atoms with Crippen molar-refractivity contribution in [2.45, 2.75) is 19.4 Å². The van der Waals surface area contributed by atoms with Crippen molar-refractivity contribution in [1.29, 1.82) is 0 Å². The topological polar surface area (TPSA) is 82.8 Å². The summed E-state index contributed by atoms with van der Waals surface area (Å²) in [4.78, 5) is 12.5. The molecule has 1 aliphatic rings. The highest BCUT2D eigenvalue weighted by atomic mass is 16.5. The molecule has 1 aromatic carbocycles. The van der Waals surface area contributed by atoms with Crippen LogP contribution in [0.2, 0.25) is 0 Å². The molecule has 0 radical (unpaired) electrons. The molecule has 6 nitrogen and oxygen atoms in total. The van der Waals surface area contributed by atoms with E-state index in [1.807, 2.05) is 24.3 Å². The van der Waals surface area contributed by atoms with Gasteiger partial charge in [-0.25, -0.2) is 0 Å². The summed E-state index contributed by atoms with van der Waals surface area (Å²) in [6.07, 6.45) is 1.35. The highest BCUT2D eigenvalue weighted by molar-refractivity contribution is 5.83. The van der Waals surface area contributed by atoms with Gasteiger partial charge in [0.1, 0.15) is 12.4 Å². The maximum absolute atomic E-state index is 12.5. The van der Waals surface area contributed by atoms with Gasteiger partial charge in [-0.2, -0.15) is 0 Å². The second-order valence-corrected chi connectivity index (χ2v) is 5.77. The molecule has 1 amide bonds. The average molecular weight is 322 g/mol. The van der Waals surface area contributed by atoms with Crippen molar-refractivity contribution in [3.05, 3.63) is 29.8 Å². The van der Waals surface area contributed by atoms with E-state index >= 15 is 0 Å². The molecule has 1 aliphatic heterocycles. The minimum atomic E-state index is -0.495. The van der Waals surface area contributed by atoms with E-state index in [0.29, 0.717) is 52.4 Å². The molecule has 0 aliphatic carbocycles. The monoisotopic (exact) mass is 322 g/mol. The lowest BCUT2D eigenvalue weighted by Crippen LogP contribution is -2.48. The van der Waals surface area contributed by atoms with Gasteiger partial charge >= 0.3 is 0 Å². The summed E-state index contributed by atoms with van der Waals surface area (Å²) in [5, 5.41) is 3.00. The quantitative estimate of drug-likeness (QED) is 0.700. The first-order chi connectivity index (χ1) is 11.2. The Kier molecular flexibility index (Phi) is 6.83. The minimum Gasteiger partial charge on any atom is -0.491 e. The lowest BCUT2D eigenvalue weighted by molar-refractivity contribution is -0.136. The molecule has 0 aromatic heterocycles. The summed E-state index contributed by atoms with van der Waals surface area (Å²) < 4.78 is 15.9. The van der Waals surface area contributed by atoms with E-state index < -0.39 is 5.41 Å². The van der Waals surface area contributed by atoms with Crippen molar-refractivity contribution in [3.63, 3.8) is 0 Å². The number of carbonyl (C=O) groups is 1. The number of benzene rings is 1. The highest BCUT2D eigenvalue weighted by Gasteiger charge is 2.38. The van der Waals surface area contributed by atoms with Crippen LogP contribution in [0.15, 0.2) is 24.3 Å². The van der Waals surface area contributed by atoms with Crippen molar-refractivity contribution in [1.82, 2.24) is 5.32 Å². The molecular formula is C17H26N2O4. The first-order valence-corrected chi connectivity index (χ1v) is 7.97. The van der Waals surface area contributed by atoms with Gasteiger partial charge in [0.25, 0.3) is 0 Å². The third-order valence-corrected chi connectivity index (χ3v) is 4.23. The van der Waals surface area contributed by atoms with Crippen molar-refractivity contribution < 1.29 is 19.0 Å². The van der Waals surface area contributed by atoms with E-state index in [2.05, 4.69) is 5.32 Å². The minimum absolute atomic E-state index is 0.00834. The molecule has 2 rings (SSSR count). The van der Waals surface area contributed by atoms with Crippen LogP contribution >= 0.6 is 0 Å². The Balaban J connectivity index is 1.89. The Morgan fingerprint density at radius 1 is 1.35 bits per heavy atom. The number of ether oxygens (including phenoxy) is 3. The Morgan fingerprint density at radius 3 is 2.83 bits per heavy atom. The summed E-state index contributed by atoms with van der Waals surface area (Å²) in [6, 6.07) is 7.69. The molecule has 6 heteroatoms. The van der Waals surface area contributed by atoms with Crippen LogP contribution in [0.25, 0.3) is 0 Å². The number of hydrogen-bond donors (Lipinski definition) is 2. The van der Waals surface area contributed by atoms with Crippen molar-refractivity contribution in [2.75, 3.05) is 40.1 Å². The molecule has 0 spiro atoms. The van der Waals surface area contributed by atoms with Crippen LogP contribution in [-0.2, 0) is 20.8 Å². The summed E-state index contributed by atoms with van der Waals surface area (Å²) in [5.74, 6) is 0.780. The lowest BCUT2D eigenvalue weighted by Gasteiger charge is -2.34. The largest absolute Gasteiger partial charge is 0.491 e.